The van der Waals surface area contributed by atoms with Gasteiger partial charge < -0.3 is 14.7 Å². The number of hydrogen-bond acceptors (Lipinski definition) is 4. The van der Waals surface area contributed by atoms with Crippen LogP contribution >= 0.6 is 11.6 Å². The number of anilines is 1. The molecule has 0 aromatic carbocycles. The van der Waals surface area contributed by atoms with Crippen molar-refractivity contribution in [2.75, 3.05) is 18.0 Å². The van der Waals surface area contributed by atoms with E-state index in [1.807, 2.05) is 18.7 Å². The summed E-state index contributed by atoms with van der Waals surface area (Å²) in [6, 6.07) is 2.97. The lowest BCUT2D eigenvalue weighted by atomic mass is 10.2. The van der Waals surface area contributed by atoms with Gasteiger partial charge >= 0.3 is 5.97 Å². The number of carboxylic acid groups (broad SMARTS) is 1. The first-order chi connectivity index (χ1) is 8.47. The molecular formula is C12H15ClN2O3. The molecule has 2 rings (SSSR count). The van der Waals surface area contributed by atoms with Crippen molar-refractivity contribution < 1.29 is 14.6 Å². The van der Waals surface area contributed by atoms with Crippen LogP contribution in [-0.4, -0.2) is 41.4 Å². The van der Waals surface area contributed by atoms with Crippen LogP contribution in [0.2, 0.25) is 5.15 Å². The van der Waals surface area contributed by atoms with E-state index in [1.54, 1.807) is 0 Å². The summed E-state index contributed by atoms with van der Waals surface area (Å²) in [6.07, 6.45) is 0.0763. The highest BCUT2D eigenvalue weighted by molar-refractivity contribution is 6.29. The van der Waals surface area contributed by atoms with E-state index in [0.717, 1.165) is 0 Å². The highest BCUT2D eigenvalue weighted by Gasteiger charge is 2.26. The van der Waals surface area contributed by atoms with Crippen molar-refractivity contribution in [2.45, 2.75) is 26.1 Å². The van der Waals surface area contributed by atoms with Crippen LogP contribution in [0.4, 0.5) is 5.82 Å². The fraction of sp³-hybridized carbons (Fsp3) is 0.500. The number of rotatable bonds is 2. The van der Waals surface area contributed by atoms with Crippen molar-refractivity contribution in [1.29, 1.82) is 0 Å². The fourth-order valence-electron chi connectivity index (χ4n) is 2.18. The second-order valence-corrected chi connectivity index (χ2v) is 4.86. The van der Waals surface area contributed by atoms with Crippen LogP contribution in [0.1, 0.15) is 24.2 Å². The Labute approximate surface area is 110 Å². The van der Waals surface area contributed by atoms with Gasteiger partial charge in [0.25, 0.3) is 0 Å². The van der Waals surface area contributed by atoms with Crippen LogP contribution < -0.4 is 4.90 Å². The van der Waals surface area contributed by atoms with Crippen molar-refractivity contribution in [2.24, 2.45) is 0 Å². The molecule has 98 valence electrons. The van der Waals surface area contributed by atoms with E-state index < -0.39 is 5.97 Å². The predicted octanol–water partition coefficient (Wildman–Crippen LogP) is 2.05. The summed E-state index contributed by atoms with van der Waals surface area (Å²) in [6.45, 7) is 5.12. The predicted molar refractivity (Wildman–Crippen MR) is 68.4 cm³/mol. The molecule has 1 aromatic heterocycles. The first-order valence-corrected chi connectivity index (χ1v) is 6.15. The van der Waals surface area contributed by atoms with Gasteiger partial charge in [0.1, 0.15) is 16.5 Å². The molecular weight excluding hydrogens is 256 g/mol. The number of hydrogen-bond donors (Lipinski definition) is 1. The number of nitrogens with zero attached hydrogens (tertiary/aromatic N) is 2. The second kappa shape index (κ2) is 5.12. The van der Waals surface area contributed by atoms with Crippen LogP contribution in [0.3, 0.4) is 0 Å². The van der Waals surface area contributed by atoms with Gasteiger partial charge in [-0.3, -0.25) is 0 Å². The van der Waals surface area contributed by atoms with Crippen molar-refractivity contribution in [1.82, 2.24) is 4.98 Å². The van der Waals surface area contributed by atoms with Crippen molar-refractivity contribution in [3.05, 3.63) is 22.8 Å². The van der Waals surface area contributed by atoms with Crippen molar-refractivity contribution in [3.8, 4) is 0 Å². The van der Waals surface area contributed by atoms with Gasteiger partial charge in [0, 0.05) is 13.1 Å². The molecule has 6 heteroatoms. The van der Waals surface area contributed by atoms with Crippen LogP contribution in [-0.2, 0) is 4.74 Å². The molecule has 2 heterocycles. The molecule has 0 aliphatic carbocycles. The number of pyridine rings is 1. The first-order valence-electron chi connectivity index (χ1n) is 5.77. The van der Waals surface area contributed by atoms with Crippen LogP contribution in [0.5, 0.6) is 0 Å². The maximum atomic E-state index is 11.2. The molecule has 1 aromatic rings. The van der Waals surface area contributed by atoms with E-state index in [9.17, 15) is 9.90 Å². The van der Waals surface area contributed by atoms with E-state index >= 15 is 0 Å². The van der Waals surface area contributed by atoms with Gasteiger partial charge in [0.15, 0.2) is 0 Å². The summed E-state index contributed by atoms with van der Waals surface area (Å²) in [5, 5.41) is 9.47. The molecule has 0 amide bonds. The first kappa shape index (κ1) is 13.1. The molecule has 5 nitrogen and oxygen atoms in total. The van der Waals surface area contributed by atoms with E-state index in [4.69, 9.17) is 16.3 Å². The summed E-state index contributed by atoms with van der Waals surface area (Å²) in [5.41, 5.74) is 0.167. The number of halogens is 1. The van der Waals surface area contributed by atoms with Crippen LogP contribution in [0.25, 0.3) is 0 Å². The number of morpholine rings is 1. The summed E-state index contributed by atoms with van der Waals surface area (Å²) < 4.78 is 5.62. The molecule has 1 aliphatic rings. The molecule has 0 radical (unpaired) electrons. The topological polar surface area (TPSA) is 62.7 Å². The number of aromatic carboxylic acids is 1. The minimum atomic E-state index is -0.999. The normalized spacial score (nSPS) is 24.1. The van der Waals surface area contributed by atoms with Gasteiger partial charge in [0.05, 0.1) is 12.2 Å². The SMILES string of the molecule is C[C@@H]1CN(c2nc(Cl)ccc2C(=O)O)C[C@H](C)O1. The monoisotopic (exact) mass is 270 g/mol. The smallest absolute Gasteiger partial charge is 0.339 e. The van der Waals surface area contributed by atoms with Crippen LogP contribution in [0, 0.1) is 0 Å². The summed E-state index contributed by atoms with van der Waals surface area (Å²) >= 11 is 5.85. The lowest BCUT2D eigenvalue weighted by Gasteiger charge is -2.36. The molecule has 0 unspecified atom stereocenters. The Kier molecular flexibility index (Phi) is 3.73. The number of carboxylic acids is 1. The average molecular weight is 271 g/mol. The Morgan fingerprint density at radius 2 is 2.06 bits per heavy atom. The van der Waals surface area contributed by atoms with Gasteiger partial charge in [-0.1, -0.05) is 11.6 Å². The number of ether oxygens (including phenoxy) is 1. The third-order valence-electron chi connectivity index (χ3n) is 2.79. The third-order valence-corrected chi connectivity index (χ3v) is 3.00. The number of carbonyl (C=O) groups is 1. The summed E-state index contributed by atoms with van der Waals surface area (Å²) in [7, 11) is 0. The highest BCUT2D eigenvalue weighted by atomic mass is 35.5. The van der Waals surface area contributed by atoms with E-state index in [-0.39, 0.29) is 17.8 Å². The molecule has 0 saturated carbocycles. The van der Waals surface area contributed by atoms with Gasteiger partial charge in [-0.25, -0.2) is 9.78 Å². The molecule has 18 heavy (non-hydrogen) atoms. The zero-order valence-electron chi connectivity index (χ0n) is 10.3. The summed E-state index contributed by atoms with van der Waals surface area (Å²) in [4.78, 5) is 17.3. The summed E-state index contributed by atoms with van der Waals surface area (Å²) in [5.74, 6) is -0.585. The van der Waals surface area contributed by atoms with Crippen molar-refractivity contribution in [3.63, 3.8) is 0 Å². The van der Waals surface area contributed by atoms with Gasteiger partial charge in [-0.15, -0.1) is 0 Å². The Hall–Kier alpha value is -1.33. The minimum absolute atomic E-state index is 0.0381. The van der Waals surface area contributed by atoms with Gasteiger partial charge in [-0.05, 0) is 26.0 Å². The van der Waals surface area contributed by atoms with E-state index in [0.29, 0.717) is 24.1 Å². The second-order valence-electron chi connectivity index (χ2n) is 4.47. The molecule has 1 fully saturated rings. The maximum absolute atomic E-state index is 11.2. The lowest BCUT2D eigenvalue weighted by Crippen LogP contribution is -2.46. The van der Waals surface area contributed by atoms with Crippen LogP contribution in [0.15, 0.2) is 12.1 Å². The quantitative estimate of drug-likeness (QED) is 0.834. The zero-order valence-corrected chi connectivity index (χ0v) is 11.0. The molecule has 1 saturated heterocycles. The fourth-order valence-corrected chi connectivity index (χ4v) is 2.33. The largest absolute Gasteiger partial charge is 0.478 e. The number of aromatic nitrogens is 1. The molecule has 2 atom stereocenters. The van der Waals surface area contributed by atoms with E-state index in [2.05, 4.69) is 4.98 Å². The third kappa shape index (κ3) is 2.73. The Bertz CT molecular complexity index is 457. The van der Waals surface area contributed by atoms with Crippen molar-refractivity contribution >= 4 is 23.4 Å². The zero-order chi connectivity index (χ0) is 13.3. The van der Waals surface area contributed by atoms with E-state index in [1.165, 1.54) is 12.1 Å². The molecule has 0 spiro atoms. The Balaban J connectivity index is 2.36. The Morgan fingerprint density at radius 3 is 2.61 bits per heavy atom. The molecule has 0 bridgehead atoms. The molecule has 1 N–H and O–H groups in total. The van der Waals surface area contributed by atoms with Gasteiger partial charge in [-0.2, -0.15) is 0 Å². The lowest BCUT2D eigenvalue weighted by molar-refractivity contribution is -0.00556. The minimum Gasteiger partial charge on any atom is -0.478 e. The highest BCUT2D eigenvalue weighted by Crippen LogP contribution is 2.24. The average Bonchev–Trinajstić information content (AvgIpc) is 2.27. The molecule has 1 aliphatic heterocycles. The standard InChI is InChI=1S/C12H15ClN2O3/c1-7-5-15(6-8(2)18-7)11-9(12(16)17)3-4-10(13)14-11/h3-4,7-8H,5-6H2,1-2H3,(H,16,17)/t7-,8+. The van der Waals surface area contributed by atoms with Gasteiger partial charge in [0.2, 0.25) is 0 Å². The maximum Gasteiger partial charge on any atom is 0.339 e. The Morgan fingerprint density at radius 1 is 1.44 bits per heavy atom.